The number of carbonyl (C=O) groups is 1. The number of anilines is 1. The first-order chi connectivity index (χ1) is 16.3. The van der Waals surface area contributed by atoms with E-state index in [1.54, 1.807) is 30.5 Å². The van der Waals surface area contributed by atoms with Crippen LogP contribution in [-0.4, -0.2) is 41.9 Å². The van der Waals surface area contributed by atoms with E-state index >= 15 is 0 Å². The minimum absolute atomic E-state index is 0.0104. The summed E-state index contributed by atoms with van der Waals surface area (Å²) in [6.45, 7) is 3.74. The fraction of sp³-hybridized carbons (Fsp3) is 0.292. The van der Waals surface area contributed by atoms with Crippen LogP contribution < -0.4 is 5.32 Å². The van der Waals surface area contributed by atoms with Gasteiger partial charge < -0.3 is 9.84 Å². The summed E-state index contributed by atoms with van der Waals surface area (Å²) < 4.78 is 47.5. The number of aromatic nitrogens is 2. The van der Waals surface area contributed by atoms with Gasteiger partial charge in [0, 0.05) is 24.8 Å². The molecule has 0 radical (unpaired) electrons. The molecule has 0 aliphatic carbocycles. The molecule has 1 N–H and O–H groups in total. The van der Waals surface area contributed by atoms with Crippen LogP contribution in [0.2, 0.25) is 0 Å². The maximum absolute atomic E-state index is 14.0. The molecule has 0 unspecified atom stereocenters. The molecule has 1 saturated heterocycles. The average molecular weight is 485 g/mol. The maximum atomic E-state index is 14.0. The van der Waals surface area contributed by atoms with Gasteiger partial charge >= 0.3 is 0 Å². The third kappa shape index (κ3) is 5.07. The number of piperidine rings is 1. The third-order valence-electron chi connectivity index (χ3n) is 5.67. The lowest BCUT2D eigenvalue weighted by Gasteiger charge is -2.31. The van der Waals surface area contributed by atoms with Crippen LogP contribution in [0, 0.1) is 25.6 Å². The molecule has 1 amide bonds. The van der Waals surface area contributed by atoms with Crippen LogP contribution in [0.3, 0.4) is 0 Å². The zero-order valence-corrected chi connectivity index (χ0v) is 19.7. The highest BCUT2D eigenvalue weighted by Crippen LogP contribution is 2.29. The van der Waals surface area contributed by atoms with Gasteiger partial charge in [-0.15, -0.1) is 0 Å². The number of carbonyl (C=O) groups excluding carboxylic acids is 1. The van der Waals surface area contributed by atoms with Crippen molar-refractivity contribution in [2.24, 2.45) is 5.92 Å². The Labute approximate surface area is 197 Å². The predicted octanol–water partition coefficient (Wildman–Crippen LogP) is 4.04. The van der Waals surface area contributed by atoms with Crippen molar-refractivity contribution in [2.75, 3.05) is 18.4 Å². The molecule has 2 aromatic heterocycles. The number of amides is 1. The summed E-state index contributed by atoms with van der Waals surface area (Å²) in [5.41, 5.74) is 1.46. The van der Waals surface area contributed by atoms with E-state index in [2.05, 4.69) is 15.5 Å². The van der Waals surface area contributed by atoms with Crippen molar-refractivity contribution in [2.45, 2.75) is 31.6 Å². The van der Waals surface area contributed by atoms with Crippen molar-refractivity contribution in [3.8, 4) is 0 Å². The largest absolute Gasteiger partial charge is 0.355 e. The number of hydrogen-bond acceptors (Lipinski definition) is 6. The number of rotatable bonds is 6. The smallest absolute Gasteiger partial charge is 0.248 e. The van der Waals surface area contributed by atoms with E-state index in [1.165, 1.54) is 29.4 Å². The van der Waals surface area contributed by atoms with Gasteiger partial charge in [-0.1, -0.05) is 29.4 Å². The van der Waals surface area contributed by atoms with Crippen molar-refractivity contribution in [3.05, 3.63) is 71.0 Å². The number of aryl methyl sites for hydroxylation is 2. The quantitative estimate of drug-likeness (QED) is 0.566. The molecular weight excluding hydrogens is 459 g/mol. The minimum Gasteiger partial charge on any atom is -0.355 e. The Balaban J connectivity index is 1.54. The van der Waals surface area contributed by atoms with Gasteiger partial charge in [0.1, 0.15) is 17.3 Å². The van der Waals surface area contributed by atoms with Crippen LogP contribution in [0.15, 0.2) is 52.0 Å². The number of hydrogen-bond donors (Lipinski definition) is 1. The standard InChI is InChI=1S/C24H25FN4O4S/c1-16-9-12-22(26-14-16)27-24(30)19-7-5-13-29(15-19)34(31,32)23-17(2)28-33-21(23)11-10-18-6-3-4-8-20(18)25/h3-4,6,8-12,14,19H,5,7,13,15H2,1-2H3,(H,26,27,30)/b11-10+/t19-/m1/s1. The second-order valence-corrected chi connectivity index (χ2v) is 10.1. The van der Waals surface area contributed by atoms with Crippen LogP contribution in [0.5, 0.6) is 0 Å². The molecular formula is C24H25FN4O4S. The molecule has 34 heavy (non-hydrogen) atoms. The number of sulfonamides is 1. The highest BCUT2D eigenvalue weighted by Gasteiger charge is 2.37. The van der Waals surface area contributed by atoms with E-state index in [1.807, 2.05) is 13.0 Å². The van der Waals surface area contributed by atoms with Gasteiger partial charge in [0.05, 0.1) is 5.92 Å². The Bertz CT molecular complexity index is 1320. The summed E-state index contributed by atoms with van der Waals surface area (Å²) in [5.74, 6) is -0.809. The summed E-state index contributed by atoms with van der Waals surface area (Å²) in [6, 6.07) is 9.68. The molecule has 1 atom stereocenters. The average Bonchev–Trinajstić information content (AvgIpc) is 3.21. The molecule has 1 aliphatic heterocycles. The molecule has 178 valence electrons. The maximum Gasteiger partial charge on any atom is 0.248 e. The summed E-state index contributed by atoms with van der Waals surface area (Å²) in [6.07, 6.45) is 5.58. The number of nitrogens with one attached hydrogen (secondary N) is 1. The topological polar surface area (TPSA) is 105 Å². The van der Waals surface area contributed by atoms with Crippen LogP contribution in [-0.2, 0) is 14.8 Å². The Morgan fingerprint density at radius 1 is 1.21 bits per heavy atom. The second kappa shape index (κ2) is 9.86. The van der Waals surface area contributed by atoms with Crippen LogP contribution >= 0.6 is 0 Å². The fourth-order valence-electron chi connectivity index (χ4n) is 3.85. The first-order valence-electron chi connectivity index (χ1n) is 10.9. The summed E-state index contributed by atoms with van der Waals surface area (Å²) in [4.78, 5) is 16.9. The molecule has 3 heterocycles. The molecule has 1 aromatic carbocycles. The molecule has 1 aliphatic rings. The highest BCUT2D eigenvalue weighted by molar-refractivity contribution is 7.89. The first kappa shape index (κ1) is 23.8. The van der Waals surface area contributed by atoms with Crippen LogP contribution in [0.4, 0.5) is 10.2 Å². The lowest BCUT2D eigenvalue weighted by atomic mass is 9.99. The molecule has 3 aromatic rings. The van der Waals surface area contributed by atoms with Gasteiger partial charge in [0.2, 0.25) is 15.9 Å². The van der Waals surface area contributed by atoms with E-state index in [0.29, 0.717) is 24.2 Å². The molecule has 4 rings (SSSR count). The summed E-state index contributed by atoms with van der Waals surface area (Å²) >= 11 is 0. The summed E-state index contributed by atoms with van der Waals surface area (Å²) in [5, 5.41) is 6.58. The van der Waals surface area contributed by atoms with Crippen LogP contribution in [0.1, 0.15) is 35.4 Å². The lowest BCUT2D eigenvalue weighted by Crippen LogP contribution is -2.44. The van der Waals surface area contributed by atoms with Gasteiger partial charge in [-0.25, -0.2) is 17.8 Å². The van der Waals surface area contributed by atoms with Crippen molar-refractivity contribution in [3.63, 3.8) is 0 Å². The minimum atomic E-state index is -4.00. The van der Waals surface area contributed by atoms with Crippen molar-refractivity contribution < 1.29 is 22.1 Å². The Morgan fingerprint density at radius 3 is 2.74 bits per heavy atom. The Kier molecular flexibility index (Phi) is 6.90. The predicted molar refractivity (Wildman–Crippen MR) is 126 cm³/mol. The number of benzene rings is 1. The van der Waals surface area contributed by atoms with Gasteiger partial charge in [-0.05, 0) is 56.5 Å². The van der Waals surface area contributed by atoms with E-state index in [9.17, 15) is 17.6 Å². The molecule has 10 heteroatoms. The third-order valence-corrected chi connectivity index (χ3v) is 7.69. The molecule has 0 saturated carbocycles. The Morgan fingerprint density at radius 2 is 2.00 bits per heavy atom. The zero-order valence-electron chi connectivity index (χ0n) is 18.9. The monoisotopic (exact) mass is 484 g/mol. The number of pyridine rings is 1. The van der Waals surface area contributed by atoms with Gasteiger partial charge in [-0.2, -0.15) is 4.31 Å². The van der Waals surface area contributed by atoms with E-state index < -0.39 is 21.8 Å². The number of nitrogens with zero attached hydrogens (tertiary/aromatic N) is 3. The molecule has 0 spiro atoms. The van der Waals surface area contributed by atoms with E-state index in [-0.39, 0.29) is 35.3 Å². The molecule has 1 fully saturated rings. The van der Waals surface area contributed by atoms with Crippen molar-refractivity contribution in [1.29, 1.82) is 0 Å². The normalized spacial score (nSPS) is 17.2. The fourth-order valence-corrected chi connectivity index (χ4v) is 5.62. The zero-order chi connectivity index (χ0) is 24.3. The van der Waals surface area contributed by atoms with E-state index in [0.717, 1.165) is 5.56 Å². The Hall–Kier alpha value is -3.37. The second-order valence-electron chi connectivity index (χ2n) is 8.23. The molecule has 8 nitrogen and oxygen atoms in total. The first-order valence-corrected chi connectivity index (χ1v) is 12.3. The summed E-state index contributed by atoms with van der Waals surface area (Å²) in [7, 11) is -4.00. The highest BCUT2D eigenvalue weighted by atomic mass is 32.2. The lowest BCUT2D eigenvalue weighted by molar-refractivity contribution is -0.120. The van der Waals surface area contributed by atoms with Gasteiger partial charge in [0.25, 0.3) is 0 Å². The SMILES string of the molecule is Cc1ccc(NC(=O)[C@@H]2CCCN(S(=O)(=O)c3c(C)noc3/C=C/c3ccccc3F)C2)nc1. The van der Waals surface area contributed by atoms with Crippen molar-refractivity contribution in [1.82, 2.24) is 14.4 Å². The van der Waals surface area contributed by atoms with Gasteiger partial charge in [0.15, 0.2) is 10.7 Å². The van der Waals surface area contributed by atoms with Crippen molar-refractivity contribution >= 4 is 33.9 Å². The number of halogens is 1. The molecule has 0 bridgehead atoms. The van der Waals surface area contributed by atoms with E-state index in [4.69, 9.17) is 4.52 Å². The van der Waals surface area contributed by atoms with Gasteiger partial charge in [-0.3, -0.25) is 4.79 Å². The van der Waals surface area contributed by atoms with Crippen LogP contribution in [0.25, 0.3) is 12.2 Å².